The van der Waals surface area contributed by atoms with Gasteiger partial charge in [0, 0.05) is 11.8 Å². The van der Waals surface area contributed by atoms with Crippen molar-refractivity contribution in [3.63, 3.8) is 0 Å². The standard InChI is InChI=1S/C32H30F6N2O/c1-28(2,3)20-9-7-8-18(14-20)23-15-19-10-11-21(16-24(19)39-23)30(31(33,34)35,32(36,37)38)22-12-13-26-25(17-22)40-27(41-26)29(4,5)6/h7-14,16-17H,15H2,1-6H3. The SMILES string of the molecule is CC(C)(C)c1cccc(C2=Nc3cc(C(c4ccc5oc(C(C)(C)C)nc5c4)(C(F)(F)F)C(F)(F)F)ccc3C2)c1. The molecule has 1 aliphatic heterocycles. The van der Waals surface area contributed by atoms with E-state index in [2.05, 4.69) is 30.7 Å². The van der Waals surface area contributed by atoms with Crippen molar-refractivity contribution in [2.45, 2.75) is 76.6 Å². The maximum absolute atomic E-state index is 14.9. The van der Waals surface area contributed by atoms with Gasteiger partial charge in [-0.15, -0.1) is 0 Å². The van der Waals surface area contributed by atoms with Crippen LogP contribution >= 0.6 is 0 Å². The largest absolute Gasteiger partial charge is 0.440 e. The summed E-state index contributed by atoms with van der Waals surface area (Å²) < 4.78 is 95.0. The molecular weight excluding hydrogens is 542 g/mol. The van der Waals surface area contributed by atoms with Gasteiger partial charge in [-0.3, -0.25) is 4.99 Å². The molecular formula is C32H30F6N2O. The van der Waals surface area contributed by atoms with Crippen molar-refractivity contribution >= 4 is 22.5 Å². The van der Waals surface area contributed by atoms with Crippen molar-refractivity contribution in [1.82, 2.24) is 4.98 Å². The lowest BCUT2D eigenvalue weighted by molar-refractivity contribution is -0.288. The van der Waals surface area contributed by atoms with Crippen molar-refractivity contribution in [3.05, 3.63) is 94.4 Å². The van der Waals surface area contributed by atoms with Crippen LogP contribution in [-0.2, 0) is 22.7 Å². The molecule has 0 saturated carbocycles. The third-order valence-corrected chi connectivity index (χ3v) is 7.51. The molecule has 1 aliphatic rings. The molecule has 9 heteroatoms. The Bertz CT molecular complexity index is 1650. The minimum absolute atomic E-state index is 0.0782. The number of rotatable bonds is 3. The number of alkyl halides is 6. The summed E-state index contributed by atoms with van der Waals surface area (Å²) in [5, 5.41) is 0. The Morgan fingerprint density at radius 3 is 1.93 bits per heavy atom. The number of fused-ring (bicyclic) bond motifs is 2. The highest BCUT2D eigenvalue weighted by atomic mass is 19.4. The first kappa shape index (κ1) is 28.9. The van der Waals surface area contributed by atoms with Crippen LogP contribution in [0.25, 0.3) is 11.1 Å². The van der Waals surface area contributed by atoms with Crippen molar-refractivity contribution in [2.24, 2.45) is 4.99 Å². The molecule has 0 aliphatic carbocycles. The minimum Gasteiger partial charge on any atom is -0.440 e. The van der Waals surface area contributed by atoms with Gasteiger partial charge in [-0.25, -0.2) is 4.98 Å². The number of oxazole rings is 1. The lowest BCUT2D eigenvalue weighted by Gasteiger charge is -2.38. The second kappa shape index (κ2) is 9.19. The summed E-state index contributed by atoms with van der Waals surface area (Å²) in [6.07, 6.45) is -11.2. The molecule has 0 unspecified atom stereocenters. The molecule has 0 bridgehead atoms. The van der Waals surface area contributed by atoms with E-state index in [1.54, 1.807) is 20.8 Å². The Morgan fingerprint density at radius 1 is 0.683 bits per heavy atom. The number of aliphatic imine (C=N–C) groups is 1. The molecule has 0 spiro atoms. The van der Waals surface area contributed by atoms with E-state index in [0.29, 0.717) is 17.7 Å². The first-order valence-corrected chi connectivity index (χ1v) is 13.2. The monoisotopic (exact) mass is 572 g/mol. The van der Waals surface area contributed by atoms with Crippen LogP contribution < -0.4 is 0 Å². The highest BCUT2D eigenvalue weighted by Crippen LogP contribution is 2.57. The molecule has 3 nitrogen and oxygen atoms in total. The molecule has 4 aromatic rings. The average molecular weight is 573 g/mol. The Kier molecular flexibility index (Phi) is 6.48. The van der Waals surface area contributed by atoms with Crippen LogP contribution in [0.1, 0.15) is 75.3 Å². The maximum Gasteiger partial charge on any atom is 0.411 e. The number of nitrogens with zero attached hydrogens (tertiary/aromatic N) is 2. The van der Waals surface area contributed by atoms with Crippen LogP contribution in [0.15, 0.2) is 70.1 Å². The highest BCUT2D eigenvalue weighted by molar-refractivity contribution is 6.06. The quantitative estimate of drug-likeness (QED) is 0.229. The normalized spacial score (nSPS) is 14.9. The van der Waals surface area contributed by atoms with E-state index in [9.17, 15) is 26.3 Å². The van der Waals surface area contributed by atoms with Crippen LogP contribution in [0.3, 0.4) is 0 Å². The van der Waals surface area contributed by atoms with E-state index in [1.165, 1.54) is 6.07 Å². The molecule has 216 valence electrons. The predicted octanol–water partition coefficient (Wildman–Crippen LogP) is 9.51. The lowest BCUT2D eigenvalue weighted by Crippen LogP contribution is -2.54. The Labute approximate surface area is 234 Å². The number of hydrogen-bond donors (Lipinski definition) is 0. The first-order chi connectivity index (χ1) is 18.8. The summed E-state index contributed by atoms with van der Waals surface area (Å²) in [7, 11) is 0. The van der Waals surface area contributed by atoms with Gasteiger partial charge >= 0.3 is 12.4 Å². The first-order valence-electron chi connectivity index (χ1n) is 13.2. The molecule has 0 amide bonds. The second-order valence-electron chi connectivity index (χ2n) is 12.6. The highest BCUT2D eigenvalue weighted by Gasteiger charge is 2.72. The zero-order valence-electron chi connectivity index (χ0n) is 23.6. The molecule has 0 atom stereocenters. The van der Waals surface area contributed by atoms with Gasteiger partial charge in [0.05, 0.1) is 11.4 Å². The second-order valence-corrected chi connectivity index (χ2v) is 12.6. The minimum atomic E-state index is -5.73. The number of benzene rings is 3. The van der Waals surface area contributed by atoms with Gasteiger partial charge in [0.1, 0.15) is 5.52 Å². The molecule has 0 radical (unpaired) electrons. The Morgan fingerprint density at radius 2 is 1.32 bits per heavy atom. The molecule has 3 aromatic carbocycles. The summed E-state index contributed by atoms with van der Waals surface area (Å²) in [5.41, 5.74) is -3.90. The predicted molar refractivity (Wildman–Crippen MR) is 147 cm³/mol. The van der Waals surface area contributed by atoms with Crippen LogP contribution in [0.2, 0.25) is 0 Å². The number of hydrogen-bond acceptors (Lipinski definition) is 3. The summed E-state index contributed by atoms with van der Waals surface area (Å²) in [6.45, 7) is 11.5. The summed E-state index contributed by atoms with van der Waals surface area (Å²) in [6, 6.07) is 13.6. The van der Waals surface area contributed by atoms with Crippen LogP contribution in [0, 0.1) is 0 Å². The van der Waals surface area contributed by atoms with Crippen LogP contribution in [0.5, 0.6) is 0 Å². The number of halogens is 6. The smallest absolute Gasteiger partial charge is 0.411 e. The molecule has 0 fully saturated rings. The van der Waals surface area contributed by atoms with Crippen molar-refractivity contribution in [2.75, 3.05) is 0 Å². The van der Waals surface area contributed by atoms with Crippen LogP contribution in [-0.4, -0.2) is 23.0 Å². The molecule has 0 saturated heterocycles. The van der Waals surface area contributed by atoms with Gasteiger partial charge in [0.25, 0.3) is 0 Å². The van der Waals surface area contributed by atoms with Crippen molar-refractivity contribution in [1.29, 1.82) is 0 Å². The van der Waals surface area contributed by atoms with Crippen molar-refractivity contribution in [3.8, 4) is 0 Å². The zero-order valence-corrected chi connectivity index (χ0v) is 23.6. The molecule has 1 aromatic heterocycles. The zero-order chi connectivity index (χ0) is 30.2. The van der Waals surface area contributed by atoms with E-state index in [0.717, 1.165) is 41.5 Å². The average Bonchev–Trinajstić information content (AvgIpc) is 3.46. The molecule has 0 N–H and O–H groups in total. The Hall–Kier alpha value is -3.62. The van der Waals surface area contributed by atoms with E-state index in [4.69, 9.17) is 4.42 Å². The summed E-state index contributed by atoms with van der Waals surface area (Å²) in [5.74, 6) is 0.212. The van der Waals surface area contributed by atoms with Gasteiger partial charge in [0.15, 0.2) is 5.58 Å². The van der Waals surface area contributed by atoms with Gasteiger partial charge < -0.3 is 4.42 Å². The fourth-order valence-corrected chi connectivity index (χ4v) is 5.21. The van der Waals surface area contributed by atoms with Gasteiger partial charge in [-0.05, 0) is 57.5 Å². The van der Waals surface area contributed by atoms with Crippen LogP contribution in [0.4, 0.5) is 32.0 Å². The Balaban J connectivity index is 1.68. The molecule has 2 heterocycles. The summed E-state index contributed by atoms with van der Waals surface area (Å²) in [4.78, 5) is 8.73. The molecule has 5 rings (SSSR count). The fourth-order valence-electron chi connectivity index (χ4n) is 5.21. The van der Waals surface area contributed by atoms with Gasteiger partial charge in [0.2, 0.25) is 11.3 Å². The topological polar surface area (TPSA) is 38.4 Å². The van der Waals surface area contributed by atoms with E-state index >= 15 is 0 Å². The fraction of sp³-hybridized carbons (Fsp3) is 0.375. The molecule has 41 heavy (non-hydrogen) atoms. The third-order valence-electron chi connectivity index (χ3n) is 7.51. The maximum atomic E-state index is 14.9. The lowest BCUT2D eigenvalue weighted by atomic mass is 9.72. The van der Waals surface area contributed by atoms with E-state index < -0.39 is 34.3 Å². The van der Waals surface area contributed by atoms with Gasteiger partial charge in [-0.1, -0.05) is 77.9 Å². The van der Waals surface area contributed by atoms with E-state index in [-0.39, 0.29) is 28.1 Å². The number of aromatic nitrogens is 1. The van der Waals surface area contributed by atoms with E-state index in [1.807, 2.05) is 24.3 Å². The van der Waals surface area contributed by atoms with Gasteiger partial charge in [-0.2, -0.15) is 26.3 Å². The van der Waals surface area contributed by atoms with Crippen molar-refractivity contribution < 1.29 is 30.8 Å². The third kappa shape index (κ3) is 4.83. The summed E-state index contributed by atoms with van der Waals surface area (Å²) >= 11 is 0.